The highest BCUT2D eigenvalue weighted by atomic mass is 16.6. The van der Waals surface area contributed by atoms with Gasteiger partial charge in [0, 0.05) is 18.2 Å². The molecule has 234 valence electrons. The first-order valence-electron chi connectivity index (χ1n) is 14.9. The van der Waals surface area contributed by atoms with Crippen molar-refractivity contribution < 1.29 is 29.0 Å². The number of ether oxygens (including phenoxy) is 2. The summed E-state index contributed by atoms with van der Waals surface area (Å²) in [6.45, 7) is 11.2. The van der Waals surface area contributed by atoms with E-state index in [2.05, 4.69) is 10.6 Å². The molecule has 3 N–H and O–H groups in total. The Morgan fingerprint density at radius 2 is 1.57 bits per heavy atom. The highest BCUT2D eigenvalue weighted by Crippen LogP contribution is 2.42. The summed E-state index contributed by atoms with van der Waals surface area (Å²) in [5.74, 6) is 0.158. The molecule has 0 spiro atoms. The standard InChI is InChI=1S/C35H43N3O6/c1-21-9-8-10-22(2)30(21)31(32(40)36-25-13-17-27(43-7)18-14-25)38(29-19-23(29)3)33(41)28(37-34(42)44-35(4,5)6)20-24-11-15-26(39)16-12-24/h8-18,23,28-29,31,39H,19-20H2,1-7H3,(H,36,40)(H,37,42). The number of anilines is 1. The second-order valence-electron chi connectivity index (χ2n) is 12.5. The minimum atomic E-state index is -1.04. The maximum atomic E-state index is 14.7. The molecule has 0 bridgehead atoms. The summed E-state index contributed by atoms with van der Waals surface area (Å²) in [6.07, 6.45) is 0.126. The van der Waals surface area contributed by atoms with Crippen molar-refractivity contribution in [3.05, 3.63) is 89.0 Å². The maximum absolute atomic E-state index is 14.7. The number of phenolic OH excluding ortho intramolecular Hbond substituents is 1. The van der Waals surface area contributed by atoms with Gasteiger partial charge >= 0.3 is 6.09 Å². The van der Waals surface area contributed by atoms with Gasteiger partial charge in [0.25, 0.3) is 5.91 Å². The van der Waals surface area contributed by atoms with Gasteiger partial charge in [0.15, 0.2) is 0 Å². The number of carbonyl (C=O) groups excluding carboxylic acids is 3. The topological polar surface area (TPSA) is 117 Å². The smallest absolute Gasteiger partial charge is 0.408 e. The molecular weight excluding hydrogens is 558 g/mol. The van der Waals surface area contributed by atoms with Gasteiger partial charge in [0.2, 0.25) is 5.91 Å². The molecule has 3 aromatic carbocycles. The minimum Gasteiger partial charge on any atom is -0.508 e. The van der Waals surface area contributed by atoms with Crippen LogP contribution in [0.15, 0.2) is 66.7 Å². The Hall–Kier alpha value is -4.53. The molecule has 1 fully saturated rings. The van der Waals surface area contributed by atoms with Crippen LogP contribution in [0.3, 0.4) is 0 Å². The summed E-state index contributed by atoms with van der Waals surface area (Å²) in [5, 5.41) is 15.6. The van der Waals surface area contributed by atoms with Crippen LogP contribution in [0, 0.1) is 19.8 Å². The molecule has 1 saturated carbocycles. The van der Waals surface area contributed by atoms with Gasteiger partial charge in [-0.1, -0.05) is 37.3 Å². The number of aryl methyl sites for hydroxylation is 2. The van der Waals surface area contributed by atoms with E-state index < -0.39 is 29.7 Å². The predicted molar refractivity (Wildman–Crippen MR) is 170 cm³/mol. The van der Waals surface area contributed by atoms with Crippen LogP contribution in [0.4, 0.5) is 10.5 Å². The summed E-state index contributed by atoms with van der Waals surface area (Å²) in [4.78, 5) is 43.7. The molecule has 1 aliphatic carbocycles. The van der Waals surface area contributed by atoms with Crippen molar-refractivity contribution in [1.82, 2.24) is 10.2 Å². The molecule has 44 heavy (non-hydrogen) atoms. The van der Waals surface area contributed by atoms with E-state index >= 15 is 0 Å². The van der Waals surface area contributed by atoms with E-state index in [4.69, 9.17) is 9.47 Å². The van der Waals surface area contributed by atoms with Crippen molar-refractivity contribution >= 4 is 23.6 Å². The van der Waals surface area contributed by atoms with Gasteiger partial charge in [0.1, 0.15) is 29.2 Å². The summed E-state index contributed by atoms with van der Waals surface area (Å²) in [5.41, 5.74) is 3.01. The van der Waals surface area contributed by atoms with Crippen LogP contribution in [0.2, 0.25) is 0 Å². The van der Waals surface area contributed by atoms with Gasteiger partial charge in [-0.3, -0.25) is 9.59 Å². The zero-order valence-electron chi connectivity index (χ0n) is 26.5. The molecule has 9 heteroatoms. The zero-order chi connectivity index (χ0) is 32.2. The van der Waals surface area contributed by atoms with E-state index in [0.717, 1.165) is 28.7 Å². The molecule has 4 unspecified atom stereocenters. The lowest BCUT2D eigenvalue weighted by atomic mass is 9.93. The van der Waals surface area contributed by atoms with Crippen molar-refractivity contribution in [3.63, 3.8) is 0 Å². The van der Waals surface area contributed by atoms with Crippen LogP contribution in [0.25, 0.3) is 0 Å². The quantitative estimate of drug-likeness (QED) is 0.260. The number of nitrogens with zero attached hydrogens (tertiary/aromatic N) is 1. The number of rotatable bonds is 10. The number of hydrogen-bond donors (Lipinski definition) is 3. The highest BCUT2D eigenvalue weighted by Gasteiger charge is 2.48. The first-order valence-corrected chi connectivity index (χ1v) is 14.9. The first kappa shape index (κ1) is 32.4. The highest BCUT2D eigenvalue weighted by molar-refractivity contribution is 5.99. The van der Waals surface area contributed by atoms with Crippen LogP contribution in [0.5, 0.6) is 11.5 Å². The van der Waals surface area contributed by atoms with Gasteiger partial charge < -0.3 is 30.1 Å². The number of benzene rings is 3. The van der Waals surface area contributed by atoms with E-state index in [0.29, 0.717) is 11.4 Å². The summed E-state index contributed by atoms with van der Waals surface area (Å²) in [7, 11) is 1.57. The third kappa shape index (κ3) is 8.09. The van der Waals surface area contributed by atoms with E-state index in [-0.39, 0.29) is 30.0 Å². The Balaban J connectivity index is 1.78. The van der Waals surface area contributed by atoms with Crippen molar-refractivity contribution in [2.24, 2.45) is 5.92 Å². The number of carbonyl (C=O) groups is 3. The molecule has 0 aliphatic heterocycles. The Morgan fingerprint density at radius 3 is 2.09 bits per heavy atom. The zero-order valence-corrected chi connectivity index (χ0v) is 26.5. The number of alkyl carbamates (subject to hydrolysis) is 1. The first-order chi connectivity index (χ1) is 20.8. The van der Waals surface area contributed by atoms with Crippen molar-refractivity contribution in [3.8, 4) is 11.5 Å². The molecule has 0 heterocycles. The third-order valence-corrected chi connectivity index (χ3v) is 7.74. The SMILES string of the molecule is COc1ccc(NC(=O)C(c2c(C)cccc2C)N(C(=O)C(Cc2ccc(O)cc2)NC(=O)OC(C)(C)C)C2CC2C)cc1. The second-order valence-corrected chi connectivity index (χ2v) is 12.5. The average Bonchev–Trinajstić information content (AvgIpc) is 3.67. The fourth-order valence-corrected chi connectivity index (χ4v) is 5.41. The van der Waals surface area contributed by atoms with E-state index in [1.54, 1.807) is 69.2 Å². The molecule has 4 rings (SSSR count). The molecule has 9 nitrogen and oxygen atoms in total. The number of amides is 3. The summed E-state index contributed by atoms with van der Waals surface area (Å²) < 4.78 is 10.8. The van der Waals surface area contributed by atoms with Crippen LogP contribution >= 0.6 is 0 Å². The maximum Gasteiger partial charge on any atom is 0.408 e. The largest absolute Gasteiger partial charge is 0.508 e. The molecule has 0 saturated heterocycles. The van der Waals surface area contributed by atoms with Crippen LogP contribution in [-0.2, 0) is 20.7 Å². The Labute approximate surface area is 259 Å². The van der Waals surface area contributed by atoms with Crippen LogP contribution in [0.1, 0.15) is 62.4 Å². The van der Waals surface area contributed by atoms with Crippen LogP contribution < -0.4 is 15.4 Å². The fourth-order valence-electron chi connectivity index (χ4n) is 5.41. The van der Waals surface area contributed by atoms with Gasteiger partial charge in [-0.25, -0.2) is 4.79 Å². The Bertz CT molecular complexity index is 1460. The molecule has 0 aromatic heterocycles. The van der Waals surface area contributed by atoms with Gasteiger partial charge in [0.05, 0.1) is 7.11 Å². The summed E-state index contributed by atoms with van der Waals surface area (Å²) >= 11 is 0. The van der Waals surface area contributed by atoms with Crippen molar-refractivity contribution in [1.29, 1.82) is 0 Å². The number of aromatic hydroxyl groups is 1. The number of nitrogens with one attached hydrogen (secondary N) is 2. The Kier molecular flexibility index (Phi) is 9.87. The van der Waals surface area contributed by atoms with Crippen LogP contribution in [-0.4, -0.2) is 52.7 Å². The molecule has 3 aromatic rings. The fraction of sp³-hybridized carbons (Fsp3) is 0.400. The van der Waals surface area contributed by atoms with E-state index in [9.17, 15) is 19.5 Å². The van der Waals surface area contributed by atoms with E-state index in [1.165, 1.54) is 12.1 Å². The van der Waals surface area contributed by atoms with Crippen molar-refractivity contribution in [2.45, 2.75) is 78.1 Å². The number of phenols is 1. The predicted octanol–water partition coefficient (Wildman–Crippen LogP) is 6.07. The number of hydrogen-bond acceptors (Lipinski definition) is 6. The number of methoxy groups -OCH3 is 1. The Morgan fingerprint density at radius 1 is 0.977 bits per heavy atom. The van der Waals surface area contributed by atoms with Gasteiger partial charge in [-0.2, -0.15) is 0 Å². The molecule has 4 atom stereocenters. The molecule has 0 radical (unpaired) electrons. The molecular formula is C35H43N3O6. The van der Waals surface area contributed by atoms with Gasteiger partial charge in [-0.05, 0) is 106 Å². The molecule has 1 aliphatic rings. The van der Waals surface area contributed by atoms with Gasteiger partial charge in [-0.15, -0.1) is 0 Å². The normalized spacial score (nSPS) is 17.2. The van der Waals surface area contributed by atoms with E-state index in [1.807, 2.05) is 39.0 Å². The average molecular weight is 602 g/mol. The lowest BCUT2D eigenvalue weighted by molar-refractivity contribution is -0.141. The second kappa shape index (κ2) is 13.4. The third-order valence-electron chi connectivity index (χ3n) is 7.74. The lowest BCUT2D eigenvalue weighted by Crippen LogP contribution is -2.54. The van der Waals surface area contributed by atoms with Crippen molar-refractivity contribution in [2.75, 3.05) is 12.4 Å². The summed E-state index contributed by atoms with van der Waals surface area (Å²) in [6, 6.07) is 17.1. The lowest BCUT2D eigenvalue weighted by Gasteiger charge is -2.36. The minimum absolute atomic E-state index is 0.0930. The molecule has 3 amide bonds. The monoisotopic (exact) mass is 601 g/mol.